The number of nitrogens with zero attached hydrogens (tertiary/aromatic N) is 5. The number of ether oxygens (including phenoxy) is 1. The molecule has 1 aliphatic rings. The summed E-state index contributed by atoms with van der Waals surface area (Å²) < 4.78 is 12.4. The summed E-state index contributed by atoms with van der Waals surface area (Å²) in [6.45, 7) is 1.48. The van der Waals surface area contributed by atoms with Gasteiger partial charge in [-0.1, -0.05) is 5.16 Å². The topological polar surface area (TPSA) is 78.9 Å². The molecule has 3 heterocycles. The van der Waals surface area contributed by atoms with Crippen molar-refractivity contribution in [2.45, 2.75) is 25.2 Å². The second kappa shape index (κ2) is 4.85. The van der Waals surface area contributed by atoms with Crippen LogP contribution in [0.3, 0.4) is 0 Å². The fraction of sp³-hybridized carbons (Fsp3) is 0.636. The van der Waals surface area contributed by atoms with Crippen molar-refractivity contribution in [3.63, 3.8) is 0 Å². The quantitative estimate of drug-likeness (QED) is 0.784. The Morgan fingerprint density at radius 1 is 1.44 bits per heavy atom. The van der Waals surface area contributed by atoms with Crippen LogP contribution in [0.4, 0.5) is 0 Å². The third-order valence-electron chi connectivity index (χ3n) is 3.15. The third kappa shape index (κ3) is 2.26. The van der Waals surface area contributed by atoms with Crippen LogP contribution in [0.2, 0.25) is 0 Å². The molecular formula is C11H15N5O2. The second-order valence-corrected chi connectivity index (χ2v) is 4.46. The van der Waals surface area contributed by atoms with Crippen molar-refractivity contribution in [1.82, 2.24) is 24.9 Å². The molecule has 0 aliphatic carbocycles. The van der Waals surface area contributed by atoms with Crippen LogP contribution < -0.4 is 0 Å². The Morgan fingerprint density at radius 3 is 3.11 bits per heavy atom. The van der Waals surface area contributed by atoms with Gasteiger partial charge in [0.05, 0.1) is 6.61 Å². The molecule has 7 nitrogen and oxygen atoms in total. The third-order valence-corrected chi connectivity index (χ3v) is 3.15. The fourth-order valence-corrected chi connectivity index (χ4v) is 2.03. The minimum Gasteiger partial charge on any atom is -0.381 e. The van der Waals surface area contributed by atoms with Gasteiger partial charge >= 0.3 is 0 Å². The first kappa shape index (κ1) is 11.3. The molecule has 0 aromatic carbocycles. The lowest BCUT2D eigenvalue weighted by Crippen LogP contribution is -2.02. The molecule has 3 rings (SSSR count). The van der Waals surface area contributed by atoms with E-state index in [1.54, 1.807) is 6.33 Å². The molecule has 0 unspecified atom stereocenters. The first-order valence-electron chi connectivity index (χ1n) is 6.06. The van der Waals surface area contributed by atoms with Gasteiger partial charge in [0.15, 0.2) is 5.82 Å². The molecule has 96 valence electrons. The number of aryl methyl sites for hydroxylation is 3. The van der Waals surface area contributed by atoms with Crippen molar-refractivity contribution >= 4 is 0 Å². The van der Waals surface area contributed by atoms with Crippen LogP contribution in [0.25, 0.3) is 0 Å². The van der Waals surface area contributed by atoms with E-state index in [-0.39, 0.29) is 5.92 Å². The lowest BCUT2D eigenvalue weighted by atomic mass is 10.1. The van der Waals surface area contributed by atoms with E-state index in [9.17, 15) is 0 Å². The first-order chi connectivity index (χ1) is 8.83. The highest BCUT2D eigenvalue weighted by Gasteiger charge is 2.23. The van der Waals surface area contributed by atoms with Gasteiger partial charge in [0.1, 0.15) is 12.2 Å². The van der Waals surface area contributed by atoms with Gasteiger partial charge in [-0.3, -0.25) is 0 Å². The van der Waals surface area contributed by atoms with Crippen molar-refractivity contribution in [2.24, 2.45) is 7.05 Å². The van der Waals surface area contributed by atoms with Gasteiger partial charge in [0, 0.05) is 32.4 Å². The lowest BCUT2D eigenvalue weighted by molar-refractivity contribution is 0.192. The van der Waals surface area contributed by atoms with E-state index in [1.165, 1.54) is 0 Å². The van der Waals surface area contributed by atoms with Crippen LogP contribution in [-0.4, -0.2) is 38.1 Å². The average Bonchev–Trinajstić information content (AvgIpc) is 3.08. The van der Waals surface area contributed by atoms with E-state index in [4.69, 9.17) is 9.26 Å². The minimum atomic E-state index is 0.289. The maximum absolute atomic E-state index is 5.31. The zero-order valence-electron chi connectivity index (χ0n) is 10.2. The molecule has 0 radical (unpaired) electrons. The van der Waals surface area contributed by atoms with Crippen LogP contribution in [0.5, 0.6) is 0 Å². The molecule has 1 aliphatic heterocycles. The Balaban J connectivity index is 1.61. The number of aromatic nitrogens is 5. The normalized spacial score (nSPS) is 19.5. The summed E-state index contributed by atoms with van der Waals surface area (Å²) in [6.07, 6.45) is 4.10. The highest BCUT2D eigenvalue weighted by molar-refractivity contribution is 4.98. The molecule has 1 atom stereocenters. The maximum atomic E-state index is 5.31. The summed E-state index contributed by atoms with van der Waals surface area (Å²) in [6, 6.07) is 0. The van der Waals surface area contributed by atoms with E-state index in [0.717, 1.165) is 31.1 Å². The summed E-state index contributed by atoms with van der Waals surface area (Å²) in [7, 11) is 1.92. The minimum absolute atomic E-state index is 0.289. The van der Waals surface area contributed by atoms with Crippen molar-refractivity contribution < 1.29 is 9.26 Å². The largest absolute Gasteiger partial charge is 0.381 e. The molecule has 7 heteroatoms. The number of hydrogen-bond acceptors (Lipinski definition) is 6. The predicted octanol–water partition coefficient (Wildman–Crippen LogP) is 0.487. The van der Waals surface area contributed by atoms with Gasteiger partial charge in [-0.2, -0.15) is 4.98 Å². The average molecular weight is 249 g/mol. The first-order valence-corrected chi connectivity index (χ1v) is 6.06. The molecule has 2 aromatic rings. The Labute approximate surface area is 104 Å². The van der Waals surface area contributed by atoms with E-state index in [2.05, 4.69) is 20.3 Å². The molecule has 0 spiro atoms. The van der Waals surface area contributed by atoms with Crippen LogP contribution >= 0.6 is 0 Å². The van der Waals surface area contributed by atoms with Crippen LogP contribution in [0.15, 0.2) is 10.9 Å². The Kier molecular flexibility index (Phi) is 3.06. The lowest BCUT2D eigenvalue weighted by Gasteiger charge is -1.98. The van der Waals surface area contributed by atoms with Crippen LogP contribution in [-0.2, 0) is 24.6 Å². The van der Waals surface area contributed by atoms with Gasteiger partial charge < -0.3 is 13.8 Å². The summed E-state index contributed by atoms with van der Waals surface area (Å²) >= 11 is 0. The summed E-state index contributed by atoms with van der Waals surface area (Å²) in [5.41, 5.74) is 0. The monoisotopic (exact) mass is 249 g/mol. The molecular weight excluding hydrogens is 234 g/mol. The zero-order valence-corrected chi connectivity index (χ0v) is 10.2. The van der Waals surface area contributed by atoms with Crippen molar-refractivity contribution in [1.29, 1.82) is 0 Å². The SMILES string of the molecule is Cn1cnnc1CCc1nc([C@H]2CCOC2)no1. The number of hydrogen-bond donors (Lipinski definition) is 0. The van der Waals surface area contributed by atoms with Gasteiger partial charge in [-0.25, -0.2) is 0 Å². The molecule has 0 bridgehead atoms. The number of rotatable bonds is 4. The molecule has 0 saturated carbocycles. The standard InChI is InChI=1S/C11H15N5O2/c1-16-7-12-14-9(16)2-3-10-13-11(15-18-10)8-4-5-17-6-8/h7-8H,2-6H2,1H3/t8-/m0/s1. The zero-order chi connectivity index (χ0) is 12.4. The molecule has 18 heavy (non-hydrogen) atoms. The predicted molar refractivity (Wildman–Crippen MR) is 60.9 cm³/mol. The van der Waals surface area contributed by atoms with Crippen molar-refractivity contribution in [2.75, 3.05) is 13.2 Å². The van der Waals surface area contributed by atoms with Gasteiger partial charge in [0.2, 0.25) is 5.89 Å². The van der Waals surface area contributed by atoms with E-state index < -0.39 is 0 Å². The molecule has 0 amide bonds. The Morgan fingerprint density at radius 2 is 2.39 bits per heavy atom. The van der Waals surface area contributed by atoms with E-state index in [0.29, 0.717) is 18.9 Å². The molecule has 2 aromatic heterocycles. The maximum Gasteiger partial charge on any atom is 0.227 e. The fourth-order valence-electron chi connectivity index (χ4n) is 2.03. The molecule has 1 saturated heterocycles. The van der Waals surface area contributed by atoms with Crippen LogP contribution in [0, 0.1) is 0 Å². The Bertz CT molecular complexity index is 515. The van der Waals surface area contributed by atoms with Gasteiger partial charge in [-0.05, 0) is 6.42 Å². The summed E-state index contributed by atoms with van der Waals surface area (Å²) in [5, 5.41) is 11.9. The highest BCUT2D eigenvalue weighted by Crippen LogP contribution is 2.22. The van der Waals surface area contributed by atoms with E-state index >= 15 is 0 Å². The smallest absolute Gasteiger partial charge is 0.227 e. The second-order valence-electron chi connectivity index (χ2n) is 4.46. The van der Waals surface area contributed by atoms with Gasteiger partial charge in [0.25, 0.3) is 0 Å². The van der Waals surface area contributed by atoms with Gasteiger partial charge in [-0.15, -0.1) is 10.2 Å². The summed E-state index contributed by atoms with van der Waals surface area (Å²) in [4.78, 5) is 4.41. The molecule has 1 fully saturated rings. The summed E-state index contributed by atoms with van der Waals surface area (Å²) in [5.74, 6) is 2.62. The van der Waals surface area contributed by atoms with E-state index in [1.807, 2.05) is 11.6 Å². The molecule has 0 N–H and O–H groups in total. The van der Waals surface area contributed by atoms with Crippen molar-refractivity contribution in [3.05, 3.63) is 23.9 Å². The highest BCUT2D eigenvalue weighted by atomic mass is 16.5. The van der Waals surface area contributed by atoms with Crippen molar-refractivity contribution in [3.8, 4) is 0 Å². The van der Waals surface area contributed by atoms with Crippen LogP contribution in [0.1, 0.15) is 29.9 Å². The Hall–Kier alpha value is -1.76.